The predicted octanol–water partition coefficient (Wildman–Crippen LogP) is 2.42. The van der Waals surface area contributed by atoms with Gasteiger partial charge in [-0.05, 0) is 29.8 Å². The van der Waals surface area contributed by atoms with Gasteiger partial charge in [0.1, 0.15) is 10.6 Å². The van der Waals surface area contributed by atoms with Crippen molar-refractivity contribution in [3.63, 3.8) is 0 Å². The van der Waals surface area contributed by atoms with Gasteiger partial charge in [0.25, 0.3) is 0 Å². The van der Waals surface area contributed by atoms with E-state index in [1.165, 1.54) is 43.5 Å². The van der Waals surface area contributed by atoms with Gasteiger partial charge in [-0.1, -0.05) is 24.0 Å². The van der Waals surface area contributed by atoms with E-state index in [1.54, 1.807) is 6.07 Å². The normalized spacial score (nSPS) is 10.7. The number of hydrogen-bond acceptors (Lipinski definition) is 5. The number of ether oxygens (including phenoxy) is 1. The van der Waals surface area contributed by atoms with Crippen molar-refractivity contribution in [3.05, 3.63) is 51.7 Å². The molecule has 0 unspecified atom stereocenters. The Morgan fingerprint density at radius 3 is 2.52 bits per heavy atom. The maximum absolute atomic E-state index is 11.9. The summed E-state index contributed by atoms with van der Waals surface area (Å²) in [4.78, 5) is 23.1. The summed E-state index contributed by atoms with van der Waals surface area (Å²) in [6.07, 6.45) is 2.81. The lowest BCUT2D eigenvalue weighted by atomic mass is 10.1. The first-order valence-electron chi connectivity index (χ1n) is 5.92. The Morgan fingerprint density at radius 2 is 1.95 bits per heavy atom. The molecule has 1 aromatic carbocycles. The van der Waals surface area contributed by atoms with Crippen molar-refractivity contribution in [1.82, 2.24) is 0 Å². The number of benzene rings is 1. The van der Waals surface area contributed by atoms with Crippen LogP contribution in [0.5, 0.6) is 11.5 Å². The fraction of sp³-hybridized carbons (Fsp3) is 0.0667. The van der Waals surface area contributed by atoms with Gasteiger partial charge in [-0.3, -0.25) is 4.79 Å². The molecule has 1 aromatic heterocycles. The van der Waals surface area contributed by atoms with Crippen LogP contribution in [0.4, 0.5) is 0 Å². The summed E-state index contributed by atoms with van der Waals surface area (Å²) < 4.78 is 4.86. The second-order valence-electron chi connectivity index (χ2n) is 4.08. The second-order valence-corrected chi connectivity index (χ2v) is 5.16. The van der Waals surface area contributed by atoms with E-state index >= 15 is 0 Å². The molecule has 0 aliphatic heterocycles. The first kappa shape index (κ1) is 14.8. The molecule has 5 nitrogen and oxygen atoms in total. The molecule has 1 N–H and O–H groups in total. The number of aromatic carboxylic acids is 1. The highest BCUT2D eigenvalue weighted by molar-refractivity contribution is 7.16. The van der Waals surface area contributed by atoms with Crippen LogP contribution in [0, 0.1) is 0 Å². The Kier molecular flexibility index (Phi) is 4.39. The zero-order valence-electron chi connectivity index (χ0n) is 11.0. The molecule has 0 aliphatic rings. The third-order valence-corrected chi connectivity index (χ3v) is 3.76. The highest BCUT2D eigenvalue weighted by Gasteiger charge is 2.10. The van der Waals surface area contributed by atoms with E-state index in [0.29, 0.717) is 10.4 Å². The molecule has 0 atom stereocenters. The first-order chi connectivity index (χ1) is 10.0. The summed E-state index contributed by atoms with van der Waals surface area (Å²) in [6.45, 7) is 0. The average Bonchev–Trinajstić information content (AvgIpc) is 2.95. The maximum atomic E-state index is 11.9. The van der Waals surface area contributed by atoms with Gasteiger partial charge in [0.05, 0.1) is 12.0 Å². The van der Waals surface area contributed by atoms with E-state index in [9.17, 15) is 14.7 Å². The van der Waals surface area contributed by atoms with Gasteiger partial charge in [0.2, 0.25) is 0 Å². The molecule has 108 valence electrons. The maximum Gasteiger partial charge on any atom is 0.345 e. The molecule has 0 radical (unpaired) electrons. The van der Waals surface area contributed by atoms with Crippen molar-refractivity contribution >= 4 is 29.2 Å². The molecule has 6 heteroatoms. The lowest BCUT2D eigenvalue weighted by molar-refractivity contribution is -0.270. The number of carboxylic acids is 1. The number of hydrogen-bond donors (Lipinski definition) is 1. The van der Waals surface area contributed by atoms with Gasteiger partial charge < -0.3 is 14.9 Å². The minimum Gasteiger partial charge on any atom is -0.870 e. The summed E-state index contributed by atoms with van der Waals surface area (Å²) in [5, 5.41) is 20.4. The molecule has 0 saturated carbocycles. The number of carbonyl (C=O) groups excluding carboxylic acids is 1. The van der Waals surface area contributed by atoms with Crippen LogP contribution in [0.15, 0.2) is 36.4 Å². The van der Waals surface area contributed by atoms with Gasteiger partial charge in [0, 0.05) is 0 Å². The van der Waals surface area contributed by atoms with Crippen LogP contribution in [0.2, 0.25) is 0 Å². The molecule has 0 aliphatic carbocycles. The summed E-state index contributed by atoms with van der Waals surface area (Å²) in [6, 6.07) is 7.39. The highest BCUT2D eigenvalue weighted by atomic mass is 32.1. The number of carboxylic acid groups (broad SMARTS) is 1. The van der Waals surface area contributed by atoms with Gasteiger partial charge in [0.15, 0.2) is 5.78 Å². The Bertz CT molecular complexity index is 715. The number of thiophene rings is 1. The SMILES string of the molecule is COc1ccc(/C=C/C(=O)c2ccc(C(=O)O)s2)cc1[O-]. The van der Waals surface area contributed by atoms with E-state index < -0.39 is 5.97 Å². The zero-order valence-corrected chi connectivity index (χ0v) is 11.8. The molecule has 2 aromatic rings. The molecule has 0 saturated heterocycles. The zero-order chi connectivity index (χ0) is 15.4. The molecular weight excluding hydrogens is 292 g/mol. The van der Waals surface area contributed by atoms with E-state index in [4.69, 9.17) is 9.84 Å². The highest BCUT2D eigenvalue weighted by Crippen LogP contribution is 2.24. The fourth-order valence-electron chi connectivity index (χ4n) is 1.64. The quantitative estimate of drug-likeness (QED) is 0.677. The molecule has 21 heavy (non-hydrogen) atoms. The van der Waals surface area contributed by atoms with Gasteiger partial charge in [-0.2, -0.15) is 0 Å². The van der Waals surface area contributed by atoms with Crippen molar-refractivity contribution in [2.75, 3.05) is 7.11 Å². The van der Waals surface area contributed by atoms with Crippen molar-refractivity contribution in [1.29, 1.82) is 0 Å². The van der Waals surface area contributed by atoms with Gasteiger partial charge in [-0.15, -0.1) is 11.3 Å². The molecular formula is C15H11O5S-. The number of ketones is 1. The van der Waals surface area contributed by atoms with Gasteiger partial charge in [-0.25, -0.2) is 4.79 Å². The molecule has 0 amide bonds. The lowest BCUT2D eigenvalue weighted by Crippen LogP contribution is -1.95. The minimum absolute atomic E-state index is 0.109. The fourth-order valence-corrected chi connectivity index (χ4v) is 2.40. The number of carbonyl (C=O) groups is 2. The Labute approximate surface area is 124 Å². The topological polar surface area (TPSA) is 86.7 Å². The Hall–Kier alpha value is -2.60. The molecule has 0 bridgehead atoms. The number of rotatable bonds is 5. The largest absolute Gasteiger partial charge is 0.870 e. The van der Waals surface area contributed by atoms with E-state index in [0.717, 1.165) is 11.3 Å². The summed E-state index contributed by atoms with van der Waals surface area (Å²) >= 11 is 0.911. The smallest absolute Gasteiger partial charge is 0.345 e. The first-order valence-corrected chi connectivity index (χ1v) is 6.73. The van der Waals surface area contributed by atoms with Crippen LogP contribution < -0.4 is 9.84 Å². The third-order valence-electron chi connectivity index (χ3n) is 2.67. The summed E-state index contributed by atoms with van der Waals surface area (Å²) in [5.74, 6) is -1.40. The summed E-state index contributed by atoms with van der Waals surface area (Å²) in [5.41, 5.74) is 0.573. The van der Waals surface area contributed by atoms with Crippen LogP contribution in [0.3, 0.4) is 0 Å². The van der Waals surface area contributed by atoms with Crippen molar-refractivity contribution < 1.29 is 24.5 Å². The second kappa shape index (κ2) is 6.23. The van der Waals surface area contributed by atoms with Crippen LogP contribution in [0.25, 0.3) is 6.08 Å². The minimum atomic E-state index is -1.06. The molecule has 0 fully saturated rings. The van der Waals surface area contributed by atoms with Crippen LogP contribution >= 0.6 is 11.3 Å². The van der Waals surface area contributed by atoms with Crippen molar-refractivity contribution in [2.24, 2.45) is 0 Å². The Balaban J connectivity index is 2.14. The van der Waals surface area contributed by atoms with Crippen LogP contribution in [-0.4, -0.2) is 24.0 Å². The molecule has 1 heterocycles. The van der Waals surface area contributed by atoms with E-state index in [-0.39, 0.29) is 22.2 Å². The van der Waals surface area contributed by atoms with Crippen LogP contribution in [0.1, 0.15) is 24.9 Å². The molecule has 0 spiro atoms. The standard InChI is InChI=1S/C15H12O5S/c1-20-12-5-3-9(8-11(12)17)2-4-10(16)13-6-7-14(21-13)15(18)19/h2-8,17H,1H3,(H,18,19)/p-1/b4-2+. The number of allylic oxidation sites excluding steroid dienone is 1. The van der Waals surface area contributed by atoms with E-state index in [2.05, 4.69) is 0 Å². The third kappa shape index (κ3) is 3.49. The lowest BCUT2D eigenvalue weighted by Gasteiger charge is -2.12. The summed E-state index contributed by atoms with van der Waals surface area (Å²) in [7, 11) is 1.41. The Morgan fingerprint density at radius 1 is 1.24 bits per heavy atom. The average molecular weight is 303 g/mol. The van der Waals surface area contributed by atoms with Crippen molar-refractivity contribution in [2.45, 2.75) is 0 Å². The van der Waals surface area contributed by atoms with E-state index in [1.807, 2.05) is 0 Å². The monoisotopic (exact) mass is 303 g/mol. The molecule has 2 rings (SSSR count). The van der Waals surface area contributed by atoms with Crippen molar-refractivity contribution in [3.8, 4) is 11.5 Å². The number of methoxy groups -OCH3 is 1. The predicted molar refractivity (Wildman–Crippen MR) is 77.1 cm³/mol. The van der Waals surface area contributed by atoms with Gasteiger partial charge >= 0.3 is 5.97 Å². The van der Waals surface area contributed by atoms with Crippen LogP contribution in [-0.2, 0) is 0 Å².